The van der Waals surface area contributed by atoms with Gasteiger partial charge in [0, 0.05) is 18.7 Å². The Morgan fingerprint density at radius 2 is 1.37 bits per heavy atom. The van der Waals surface area contributed by atoms with Gasteiger partial charge in [-0.25, -0.2) is 9.69 Å². The minimum atomic E-state index is -2.09. The van der Waals surface area contributed by atoms with E-state index in [0.29, 0.717) is 46.7 Å². The number of amides is 4. The van der Waals surface area contributed by atoms with Crippen molar-refractivity contribution in [2.45, 2.75) is 55.3 Å². The normalized spacial score (nSPS) is 21.4. The van der Waals surface area contributed by atoms with Crippen molar-refractivity contribution >= 4 is 29.5 Å². The Morgan fingerprint density at radius 3 is 2.04 bits per heavy atom. The molecule has 0 bridgehead atoms. The number of hydrogen-bond donors (Lipinski definition) is 4. The minimum Gasteiger partial charge on any atom is -0.491 e. The summed E-state index contributed by atoms with van der Waals surface area (Å²) >= 11 is 0. The average molecular weight is 1010 g/mol. The van der Waals surface area contributed by atoms with Gasteiger partial charge < -0.3 is 30.3 Å². The van der Waals surface area contributed by atoms with Crippen LogP contribution in [-0.4, -0.2) is 83.2 Å². The maximum Gasteiger partial charge on any atom is 0.329 e. The highest BCUT2D eigenvalue weighted by Gasteiger charge is 2.75. The van der Waals surface area contributed by atoms with Crippen molar-refractivity contribution in [3.8, 4) is 17.6 Å². The number of urea groups is 1. The molecule has 4 amide bonds. The summed E-state index contributed by atoms with van der Waals surface area (Å²) in [4.78, 5) is 68.8. The van der Waals surface area contributed by atoms with Crippen molar-refractivity contribution in [3.63, 3.8) is 0 Å². The van der Waals surface area contributed by atoms with Crippen molar-refractivity contribution in [2.75, 3.05) is 38.3 Å². The van der Waals surface area contributed by atoms with Crippen molar-refractivity contribution in [1.29, 1.82) is 0 Å². The molecule has 0 saturated carbocycles. The quantitative estimate of drug-likeness (QED) is 0.0579. The fourth-order valence-corrected chi connectivity index (χ4v) is 11.3. The van der Waals surface area contributed by atoms with Crippen LogP contribution < -0.4 is 20.3 Å². The molecular formula is C63H59N5O8. The van der Waals surface area contributed by atoms with Gasteiger partial charge in [0.25, 0.3) is 0 Å². The van der Waals surface area contributed by atoms with E-state index < -0.39 is 71.5 Å². The maximum absolute atomic E-state index is 16.8. The highest BCUT2D eigenvalue weighted by molar-refractivity contribution is 6.24. The average Bonchev–Trinajstić information content (AvgIpc) is 3.91. The number of anilines is 1. The van der Waals surface area contributed by atoms with E-state index in [1.54, 1.807) is 60.7 Å². The van der Waals surface area contributed by atoms with E-state index in [-0.39, 0.29) is 25.4 Å². The van der Waals surface area contributed by atoms with Gasteiger partial charge in [-0.05, 0) is 83.2 Å². The number of aliphatic hydroxyl groups is 2. The third-order valence-electron chi connectivity index (χ3n) is 14.6. The second-order valence-corrected chi connectivity index (χ2v) is 19.5. The molecule has 2 saturated heterocycles. The number of cyclic esters (lactones) is 1. The standard InChI is InChI=1S/C63H59N5O8/c1-42(45-23-10-4-11-24-45)65-62(74)67-52-34-33-43(22-19-35-66(2)41-44-20-8-3-9-21-44)38-51(52)63(61(67)73)54(59(71)64-40-53(70)46-25-12-5-13-26-46)56-60(72)76-57(48-29-16-7-17-30-48)55(47-27-14-6-15-28-47)68(56)58(63)49-31-18-32-50(39-49)75-37-36-69/h3-18,20-21,23-34,38-39,42,53-58,69-70H,35-37,40-41H2,1-2H3,(H,64,71)(H,65,74)/t42-,53+,54-,55-,56-,57+,58+,63-/m1/s1. The lowest BCUT2D eigenvalue weighted by Gasteiger charge is -2.46. The fraction of sp³-hybridized carbons (Fsp3) is 0.238. The Morgan fingerprint density at radius 1 is 0.750 bits per heavy atom. The Bertz CT molecular complexity index is 3250. The number of benzene rings is 7. The van der Waals surface area contributed by atoms with Crippen LogP contribution in [0.1, 0.15) is 81.8 Å². The summed E-state index contributed by atoms with van der Waals surface area (Å²) in [7, 11) is 1.98. The van der Waals surface area contributed by atoms with Gasteiger partial charge in [-0.1, -0.05) is 176 Å². The van der Waals surface area contributed by atoms with Crippen LogP contribution >= 0.6 is 0 Å². The van der Waals surface area contributed by atoms with Gasteiger partial charge in [-0.2, -0.15) is 0 Å². The van der Waals surface area contributed by atoms with Crippen LogP contribution in [0.15, 0.2) is 194 Å². The highest BCUT2D eigenvalue weighted by Crippen LogP contribution is 2.66. The van der Waals surface area contributed by atoms with Crippen LogP contribution in [0.25, 0.3) is 0 Å². The van der Waals surface area contributed by atoms with Gasteiger partial charge in [-0.3, -0.25) is 24.2 Å². The first kappa shape index (κ1) is 51.1. The summed E-state index contributed by atoms with van der Waals surface area (Å²) in [6.07, 6.45) is -2.11. The Balaban J connectivity index is 1.21. The SMILES string of the molecule is C[C@@H](NC(=O)N1C(=O)[C@@]2(c3cc(C#CCN(C)Cc4ccccc4)ccc31)[C@H](c1cccc(OCCO)c1)N1[C@H](c3ccccc3)[C@H](c3ccccc3)OC(=O)[C@H]1[C@@H]2C(=O)NC[C@H](O)c1ccccc1)c1ccccc1. The largest absolute Gasteiger partial charge is 0.491 e. The van der Waals surface area contributed by atoms with E-state index in [0.717, 1.165) is 21.6 Å². The van der Waals surface area contributed by atoms with Gasteiger partial charge >= 0.3 is 12.0 Å². The fourth-order valence-electron chi connectivity index (χ4n) is 11.3. The summed E-state index contributed by atoms with van der Waals surface area (Å²) in [5.41, 5.74) is 3.29. The molecule has 0 radical (unpaired) electrons. The van der Waals surface area contributed by atoms with E-state index >= 15 is 19.2 Å². The molecule has 1 spiro atoms. The molecule has 10 rings (SSSR count). The molecule has 7 aromatic rings. The van der Waals surface area contributed by atoms with E-state index in [4.69, 9.17) is 9.47 Å². The number of aliphatic hydroxyl groups excluding tert-OH is 2. The van der Waals surface area contributed by atoms with E-state index in [2.05, 4.69) is 39.5 Å². The van der Waals surface area contributed by atoms with Gasteiger partial charge in [0.2, 0.25) is 11.8 Å². The summed E-state index contributed by atoms with van der Waals surface area (Å²) < 4.78 is 12.7. The molecular weight excluding hydrogens is 955 g/mol. The van der Waals surface area contributed by atoms with Crippen LogP contribution in [-0.2, 0) is 31.1 Å². The molecule has 384 valence electrons. The van der Waals surface area contributed by atoms with Gasteiger partial charge in [0.1, 0.15) is 29.9 Å². The monoisotopic (exact) mass is 1010 g/mol. The number of nitrogens with zero attached hydrogens (tertiary/aromatic N) is 3. The number of esters is 1. The smallest absolute Gasteiger partial charge is 0.329 e. The van der Waals surface area contributed by atoms with Crippen molar-refractivity contribution in [1.82, 2.24) is 20.4 Å². The van der Waals surface area contributed by atoms with Crippen LogP contribution in [0.5, 0.6) is 5.75 Å². The molecule has 13 heteroatoms. The number of morpholine rings is 1. The van der Waals surface area contributed by atoms with Crippen LogP contribution in [0.2, 0.25) is 0 Å². The van der Waals surface area contributed by atoms with E-state index in [9.17, 15) is 10.2 Å². The molecule has 76 heavy (non-hydrogen) atoms. The Labute approximate surface area is 442 Å². The molecule has 0 aliphatic carbocycles. The lowest BCUT2D eigenvalue weighted by atomic mass is 9.65. The lowest BCUT2D eigenvalue weighted by molar-refractivity contribution is -0.178. The van der Waals surface area contributed by atoms with Gasteiger partial charge in [0.05, 0.1) is 49.0 Å². The predicted octanol–water partition coefficient (Wildman–Crippen LogP) is 8.53. The number of imide groups is 1. The summed E-state index contributed by atoms with van der Waals surface area (Å²) in [6.45, 7) is 2.29. The van der Waals surface area contributed by atoms with Crippen LogP contribution in [0, 0.1) is 17.8 Å². The summed E-state index contributed by atoms with van der Waals surface area (Å²) in [5.74, 6) is 3.17. The second-order valence-electron chi connectivity index (χ2n) is 19.5. The number of ether oxygens (including phenoxy) is 2. The number of carbonyl (C=O) groups excluding carboxylic acids is 4. The van der Waals surface area contributed by atoms with Crippen LogP contribution in [0.3, 0.4) is 0 Å². The van der Waals surface area contributed by atoms with E-state index in [1.165, 1.54) is 0 Å². The number of carbonyl (C=O) groups is 4. The molecule has 3 aliphatic rings. The number of fused-ring (bicyclic) bond motifs is 3. The van der Waals surface area contributed by atoms with Crippen molar-refractivity contribution in [3.05, 3.63) is 239 Å². The molecule has 7 aromatic carbocycles. The first-order chi connectivity index (χ1) is 37.1. The summed E-state index contributed by atoms with van der Waals surface area (Å²) in [6, 6.07) is 54.7. The molecule has 0 unspecified atom stereocenters. The van der Waals surface area contributed by atoms with Crippen molar-refractivity contribution in [2.24, 2.45) is 5.92 Å². The van der Waals surface area contributed by atoms with Gasteiger partial charge in [0.15, 0.2) is 0 Å². The third-order valence-corrected chi connectivity index (χ3v) is 14.6. The van der Waals surface area contributed by atoms with Gasteiger partial charge in [-0.15, -0.1) is 0 Å². The predicted molar refractivity (Wildman–Crippen MR) is 288 cm³/mol. The number of nitrogens with one attached hydrogen (secondary N) is 2. The third kappa shape index (κ3) is 9.99. The zero-order chi connectivity index (χ0) is 52.8. The molecule has 0 aromatic heterocycles. The number of rotatable bonds is 15. The summed E-state index contributed by atoms with van der Waals surface area (Å²) in [5, 5.41) is 27.6. The molecule has 3 heterocycles. The topological polar surface area (TPSA) is 161 Å². The molecule has 2 fully saturated rings. The Kier molecular flexibility index (Phi) is 15.2. The zero-order valence-electron chi connectivity index (χ0n) is 42.2. The zero-order valence-corrected chi connectivity index (χ0v) is 42.2. The molecule has 3 aliphatic heterocycles. The minimum absolute atomic E-state index is 0.0344. The highest BCUT2D eigenvalue weighted by atomic mass is 16.6. The lowest BCUT2D eigenvalue weighted by Crippen LogP contribution is -2.56. The first-order valence-electron chi connectivity index (χ1n) is 25.6. The molecule has 8 atom stereocenters. The number of hydrogen-bond acceptors (Lipinski definition) is 10. The van der Waals surface area contributed by atoms with Crippen LogP contribution in [0.4, 0.5) is 10.5 Å². The maximum atomic E-state index is 16.8. The van der Waals surface area contributed by atoms with E-state index in [1.807, 2.05) is 140 Å². The molecule has 13 nitrogen and oxygen atoms in total. The Hall–Kier alpha value is -8.38. The molecule has 4 N–H and O–H groups in total. The van der Waals surface area contributed by atoms with Crippen molar-refractivity contribution < 1.29 is 38.9 Å². The first-order valence-corrected chi connectivity index (χ1v) is 25.6. The second kappa shape index (κ2) is 22.6.